The Morgan fingerprint density at radius 3 is 2.67 bits per heavy atom. The minimum atomic E-state index is -4.13. The number of nitrogens with one attached hydrogen (secondary N) is 1. The van der Waals surface area contributed by atoms with Crippen molar-refractivity contribution in [3.8, 4) is 0 Å². The highest BCUT2D eigenvalue weighted by atomic mass is 79.9. The maximum Gasteiger partial charge on any atom is 0.389 e. The molecule has 0 aromatic carbocycles. The van der Waals surface area contributed by atoms with E-state index in [1.807, 2.05) is 6.92 Å². The first-order valence-electron chi connectivity index (χ1n) is 5.84. The highest BCUT2D eigenvalue weighted by molar-refractivity contribution is 9.10. The third kappa shape index (κ3) is 4.28. The van der Waals surface area contributed by atoms with Crippen molar-refractivity contribution in [3.63, 3.8) is 0 Å². The van der Waals surface area contributed by atoms with Gasteiger partial charge in [0.1, 0.15) is 0 Å². The first kappa shape index (κ1) is 15.5. The molecule has 1 rings (SSSR count). The average molecular weight is 328 g/mol. The van der Waals surface area contributed by atoms with Crippen molar-refractivity contribution in [2.24, 2.45) is 0 Å². The van der Waals surface area contributed by atoms with Crippen LogP contribution in [0.1, 0.15) is 37.9 Å². The van der Waals surface area contributed by atoms with Crippen LogP contribution in [0.2, 0.25) is 0 Å². The maximum atomic E-state index is 12.3. The van der Waals surface area contributed by atoms with E-state index in [4.69, 9.17) is 0 Å². The van der Waals surface area contributed by atoms with Gasteiger partial charge in [-0.25, -0.2) is 0 Å². The Kier molecular flexibility index (Phi) is 5.65. The third-order valence-electron chi connectivity index (χ3n) is 2.66. The van der Waals surface area contributed by atoms with Gasteiger partial charge in [-0.2, -0.15) is 18.3 Å². The largest absolute Gasteiger partial charge is 0.389 e. The summed E-state index contributed by atoms with van der Waals surface area (Å²) in [5.41, 5.74) is 0.781. The van der Waals surface area contributed by atoms with E-state index in [0.29, 0.717) is 6.54 Å². The lowest BCUT2D eigenvalue weighted by atomic mass is 10.1. The third-order valence-corrected chi connectivity index (χ3v) is 3.27. The van der Waals surface area contributed by atoms with Crippen molar-refractivity contribution in [2.45, 2.75) is 44.9 Å². The van der Waals surface area contributed by atoms with Crippen LogP contribution in [0.5, 0.6) is 0 Å². The summed E-state index contributed by atoms with van der Waals surface area (Å²) in [4.78, 5) is 0. The van der Waals surface area contributed by atoms with Crippen LogP contribution < -0.4 is 5.32 Å². The standard InChI is InChI=1S/C11H17BrF3N3/c1-3-6-18-10(8(12)7-17-18)9(16-2)4-5-11(13,14)15/h7,9,16H,3-6H2,1-2H3. The van der Waals surface area contributed by atoms with Gasteiger partial charge >= 0.3 is 6.18 Å². The lowest BCUT2D eigenvalue weighted by Crippen LogP contribution is -2.23. The van der Waals surface area contributed by atoms with E-state index >= 15 is 0 Å². The van der Waals surface area contributed by atoms with Gasteiger partial charge in [0.05, 0.1) is 22.4 Å². The molecular formula is C11H17BrF3N3. The van der Waals surface area contributed by atoms with E-state index in [2.05, 4.69) is 26.3 Å². The lowest BCUT2D eigenvalue weighted by molar-refractivity contribution is -0.136. The summed E-state index contributed by atoms with van der Waals surface area (Å²) < 4.78 is 39.3. The number of aryl methyl sites for hydroxylation is 1. The molecule has 0 saturated carbocycles. The normalized spacial score (nSPS) is 13.9. The zero-order valence-electron chi connectivity index (χ0n) is 10.4. The SMILES string of the molecule is CCCn1ncc(Br)c1C(CCC(F)(F)F)NC. The summed E-state index contributed by atoms with van der Waals surface area (Å²) in [6.45, 7) is 2.70. The van der Waals surface area contributed by atoms with Crippen LogP contribution in [0, 0.1) is 0 Å². The fourth-order valence-electron chi connectivity index (χ4n) is 1.83. The monoisotopic (exact) mass is 327 g/mol. The molecule has 0 bridgehead atoms. The Morgan fingerprint density at radius 2 is 2.17 bits per heavy atom. The average Bonchev–Trinajstić information content (AvgIpc) is 2.62. The predicted octanol–water partition coefficient (Wildman–Crippen LogP) is 3.66. The van der Waals surface area contributed by atoms with Gasteiger partial charge in [-0.3, -0.25) is 4.68 Å². The van der Waals surface area contributed by atoms with Gasteiger partial charge in [-0.05, 0) is 35.8 Å². The van der Waals surface area contributed by atoms with Crippen LogP contribution in [0.25, 0.3) is 0 Å². The van der Waals surface area contributed by atoms with E-state index < -0.39 is 12.6 Å². The Bertz CT molecular complexity index is 376. The Morgan fingerprint density at radius 1 is 1.50 bits per heavy atom. The topological polar surface area (TPSA) is 29.9 Å². The first-order valence-corrected chi connectivity index (χ1v) is 6.63. The van der Waals surface area contributed by atoms with E-state index in [-0.39, 0.29) is 12.5 Å². The van der Waals surface area contributed by atoms with Crippen molar-refractivity contribution in [2.75, 3.05) is 7.05 Å². The summed E-state index contributed by atoms with van der Waals surface area (Å²) >= 11 is 3.34. The zero-order valence-corrected chi connectivity index (χ0v) is 12.0. The van der Waals surface area contributed by atoms with Gasteiger partial charge in [-0.15, -0.1) is 0 Å². The Labute approximate surface area is 113 Å². The number of hydrogen-bond donors (Lipinski definition) is 1. The molecule has 0 aliphatic heterocycles. The lowest BCUT2D eigenvalue weighted by Gasteiger charge is -2.19. The van der Waals surface area contributed by atoms with Crippen LogP contribution in [0.4, 0.5) is 13.2 Å². The number of nitrogens with zero attached hydrogens (tertiary/aromatic N) is 2. The molecule has 1 unspecified atom stereocenters. The van der Waals surface area contributed by atoms with Crippen LogP contribution in [-0.2, 0) is 6.54 Å². The number of aromatic nitrogens is 2. The molecule has 1 atom stereocenters. The molecular weight excluding hydrogens is 311 g/mol. The van der Waals surface area contributed by atoms with Crippen molar-refractivity contribution < 1.29 is 13.2 Å². The van der Waals surface area contributed by atoms with Crippen molar-refractivity contribution in [1.29, 1.82) is 0 Å². The Balaban J connectivity index is 2.84. The van der Waals surface area contributed by atoms with Crippen LogP contribution in [-0.4, -0.2) is 23.0 Å². The molecule has 1 N–H and O–H groups in total. The molecule has 0 saturated heterocycles. The molecule has 0 aliphatic rings. The summed E-state index contributed by atoms with van der Waals surface area (Å²) in [5.74, 6) is 0. The first-order chi connectivity index (χ1) is 8.39. The van der Waals surface area contributed by atoms with Gasteiger partial charge in [0.2, 0.25) is 0 Å². The smallest absolute Gasteiger partial charge is 0.312 e. The highest BCUT2D eigenvalue weighted by Crippen LogP contribution is 2.30. The van der Waals surface area contributed by atoms with E-state index in [1.54, 1.807) is 17.9 Å². The second kappa shape index (κ2) is 6.56. The molecule has 0 amide bonds. The molecule has 104 valence electrons. The summed E-state index contributed by atoms with van der Waals surface area (Å²) in [6.07, 6.45) is -2.41. The van der Waals surface area contributed by atoms with E-state index in [1.165, 1.54) is 0 Å². The molecule has 0 spiro atoms. The van der Waals surface area contributed by atoms with Gasteiger partial charge in [-0.1, -0.05) is 6.92 Å². The molecule has 1 aromatic rings. The van der Waals surface area contributed by atoms with E-state index in [0.717, 1.165) is 16.6 Å². The molecule has 7 heteroatoms. The fourth-order valence-corrected chi connectivity index (χ4v) is 2.41. The van der Waals surface area contributed by atoms with Gasteiger partial charge in [0, 0.05) is 13.0 Å². The number of hydrogen-bond acceptors (Lipinski definition) is 2. The number of rotatable bonds is 6. The van der Waals surface area contributed by atoms with Crippen molar-refractivity contribution in [3.05, 3.63) is 16.4 Å². The van der Waals surface area contributed by atoms with E-state index in [9.17, 15) is 13.2 Å². The molecule has 0 fully saturated rings. The maximum absolute atomic E-state index is 12.3. The molecule has 3 nitrogen and oxygen atoms in total. The molecule has 1 heterocycles. The Hall–Kier alpha value is -0.560. The zero-order chi connectivity index (χ0) is 13.8. The molecule has 0 radical (unpaired) electrons. The second-order valence-electron chi connectivity index (χ2n) is 4.10. The molecule has 18 heavy (non-hydrogen) atoms. The summed E-state index contributed by atoms with van der Waals surface area (Å²) in [7, 11) is 1.66. The van der Waals surface area contributed by atoms with Crippen LogP contribution in [0.3, 0.4) is 0 Å². The fraction of sp³-hybridized carbons (Fsp3) is 0.727. The van der Waals surface area contributed by atoms with Crippen molar-refractivity contribution >= 4 is 15.9 Å². The highest BCUT2D eigenvalue weighted by Gasteiger charge is 2.29. The quantitative estimate of drug-likeness (QED) is 0.864. The van der Waals surface area contributed by atoms with Gasteiger partial charge in [0.15, 0.2) is 0 Å². The molecule has 1 aromatic heterocycles. The van der Waals surface area contributed by atoms with Crippen molar-refractivity contribution in [1.82, 2.24) is 15.1 Å². The summed E-state index contributed by atoms with van der Waals surface area (Å²) in [5, 5.41) is 7.09. The molecule has 0 aliphatic carbocycles. The van der Waals surface area contributed by atoms with Crippen LogP contribution >= 0.6 is 15.9 Å². The summed E-state index contributed by atoms with van der Waals surface area (Å²) in [6, 6.07) is -0.352. The van der Waals surface area contributed by atoms with Gasteiger partial charge in [0.25, 0.3) is 0 Å². The number of halogens is 4. The predicted molar refractivity (Wildman–Crippen MR) is 67.3 cm³/mol. The van der Waals surface area contributed by atoms with Gasteiger partial charge < -0.3 is 5.32 Å². The second-order valence-corrected chi connectivity index (χ2v) is 4.95. The van der Waals surface area contributed by atoms with Crippen LogP contribution in [0.15, 0.2) is 10.7 Å². The minimum absolute atomic E-state index is 0.00794. The number of alkyl halides is 3. The minimum Gasteiger partial charge on any atom is -0.312 e.